The van der Waals surface area contributed by atoms with E-state index in [0.717, 1.165) is 31.5 Å². The van der Waals surface area contributed by atoms with Gasteiger partial charge in [-0.05, 0) is 44.0 Å². The normalized spacial score (nSPS) is 10.3. The summed E-state index contributed by atoms with van der Waals surface area (Å²) in [4.78, 5) is 13.2. The van der Waals surface area contributed by atoms with Crippen LogP contribution in [0.2, 0.25) is 0 Å². The van der Waals surface area contributed by atoms with E-state index < -0.39 is 0 Å². The van der Waals surface area contributed by atoms with Gasteiger partial charge in [0.15, 0.2) is 0 Å². The minimum atomic E-state index is -0.216. The lowest BCUT2D eigenvalue weighted by Gasteiger charge is -2.19. The molecule has 0 aromatic heterocycles. The highest BCUT2D eigenvalue weighted by atomic mass is 19.1. The molecule has 1 aromatic carbocycles. The second-order valence-corrected chi connectivity index (χ2v) is 4.51. The number of hydrogen-bond donors (Lipinski definition) is 0. The quantitative estimate of drug-likeness (QED) is 0.534. The molecule has 0 saturated carbocycles. The van der Waals surface area contributed by atoms with Crippen molar-refractivity contribution in [1.29, 1.82) is 0 Å². The standard InChI is InChI=1S/C15H22FNO2/c1-3-19-15(18)7-5-4-6-12-17(2)14-10-8-13(16)9-11-14/h8-11H,3-7,12H2,1-2H3. The first-order chi connectivity index (χ1) is 9.13. The van der Waals surface area contributed by atoms with Crippen LogP contribution in [0, 0.1) is 5.82 Å². The molecule has 0 aliphatic carbocycles. The molecule has 0 aliphatic rings. The zero-order valence-electron chi connectivity index (χ0n) is 11.7. The third-order valence-corrected chi connectivity index (χ3v) is 2.95. The number of carbonyl (C=O) groups is 1. The van der Waals surface area contributed by atoms with Crippen molar-refractivity contribution < 1.29 is 13.9 Å². The molecule has 0 atom stereocenters. The topological polar surface area (TPSA) is 29.5 Å². The lowest BCUT2D eigenvalue weighted by molar-refractivity contribution is -0.143. The van der Waals surface area contributed by atoms with Gasteiger partial charge in [0.05, 0.1) is 6.61 Å². The van der Waals surface area contributed by atoms with Crippen molar-refractivity contribution in [1.82, 2.24) is 0 Å². The Bertz CT molecular complexity index is 378. The maximum atomic E-state index is 12.8. The number of esters is 1. The molecule has 0 fully saturated rings. The fourth-order valence-electron chi connectivity index (χ4n) is 1.85. The lowest BCUT2D eigenvalue weighted by Crippen LogP contribution is -2.18. The van der Waals surface area contributed by atoms with E-state index in [1.54, 1.807) is 12.1 Å². The molecular weight excluding hydrogens is 245 g/mol. The Morgan fingerprint density at radius 1 is 1.21 bits per heavy atom. The van der Waals surface area contributed by atoms with E-state index in [-0.39, 0.29) is 11.8 Å². The van der Waals surface area contributed by atoms with E-state index in [0.29, 0.717) is 13.0 Å². The van der Waals surface area contributed by atoms with E-state index in [2.05, 4.69) is 4.90 Å². The van der Waals surface area contributed by atoms with Crippen molar-refractivity contribution in [3.8, 4) is 0 Å². The van der Waals surface area contributed by atoms with Crippen LogP contribution >= 0.6 is 0 Å². The minimum Gasteiger partial charge on any atom is -0.466 e. The van der Waals surface area contributed by atoms with Gasteiger partial charge in [-0.1, -0.05) is 6.42 Å². The Morgan fingerprint density at radius 2 is 1.89 bits per heavy atom. The largest absolute Gasteiger partial charge is 0.466 e. The fraction of sp³-hybridized carbons (Fsp3) is 0.533. The van der Waals surface area contributed by atoms with Crippen LogP contribution in [-0.4, -0.2) is 26.2 Å². The fourth-order valence-corrected chi connectivity index (χ4v) is 1.85. The summed E-state index contributed by atoms with van der Waals surface area (Å²) in [5.74, 6) is -0.332. The van der Waals surface area contributed by atoms with Crippen molar-refractivity contribution in [2.75, 3.05) is 25.1 Å². The van der Waals surface area contributed by atoms with Crippen molar-refractivity contribution in [3.05, 3.63) is 30.1 Å². The Labute approximate surface area is 114 Å². The van der Waals surface area contributed by atoms with Gasteiger partial charge in [0.2, 0.25) is 0 Å². The molecule has 106 valence electrons. The third kappa shape index (κ3) is 6.22. The van der Waals surface area contributed by atoms with E-state index in [9.17, 15) is 9.18 Å². The molecule has 0 N–H and O–H groups in total. The maximum Gasteiger partial charge on any atom is 0.305 e. The average molecular weight is 267 g/mol. The van der Waals surface area contributed by atoms with Crippen LogP contribution in [-0.2, 0) is 9.53 Å². The first-order valence-corrected chi connectivity index (χ1v) is 6.75. The second-order valence-electron chi connectivity index (χ2n) is 4.51. The van der Waals surface area contributed by atoms with E-state index in [1.807, 2.05) is 14.0 Å². The molecular formula is C15H22FNO2. The summed E-state index contributed by atoms with van der Waals surface area (Å²) in [5, 5.41) is 0. The first kappa shape index (κ1) is 15.5. The van der Waals surface area contributed by atoms with Crippen LogP contribution in [0.4, 0.5) is 10.1 Å². The van der Waals surface area contributed by atoms with E-state index >= 15 is 0 Å². The predicted molar refractivity (Wildman–Crippen MR) is 74.8 cm³/mol. The summed E-state index contributed by atoms with van der Waals surface area (Å²) in [6.45, 7) is 3.16. The minimum absolute atomic E-state index is 0.116. The predicted octanol–water partition coefficient (Wildman–Crippen LogP) is 3.39. The van der Waals surface area contributed by atoms with Gasteiger partial charge in [-0.2, -0.15) is 0 Å². The molecule has 0 spiro atoms. The van der Waals surface area contributed by atoms with Gasteiger partial charge in [0.25, 0.3) is 0 Å². The number of unbranched alkanes of at least 4 members (excludes halogenated alkanes) is 2. The summed E-state index contributed by atoms with van der Waals surface area (Å²) in [5.41, 5.74) is 1.01. The maximum absolute atomic E-state index is 12.8. The highest BCUT2D eigenvalue weighted by Crippen LogP contribution is 2.14. The smallest absolute Gasteiger partial charge is 0.305 e. The average Bonchev–Trinajstić information content (AvgIpc) is 2.39. The van der Waals surface area contributed by atoms with Gasteiger partial charge in [-0.15, -0.1) is 0 Å². The highest BCUT2D eigenvalue weighted by Gasteiger charge is 2.03. The van der Waals surface area contributed by atoms with E-state index in [1.165, 1.54) is 12.1 Å². The summed E-state index contributed by atoms with van der Waals surface area (Å²) >= 11 is 0. The van der Waals surface area contributed by atoms with Gasteiger partial charge < -0.3 is 9.64 Å². The molecule has 0 amide bonds. The lowest BCUT2D eigenvalue weighted by atomic mass is 10.2. The summed E-state index contributed by atoms with van der Waals surface area (Å²) in [6, 6.07) is 6.47. The van der Waals surface area contributed by atoms with Gasteiger partial charge in [-0.3, -0.25) is 4.79 Å². The summed E-state index contributed by atoms with van der Waals surface area (Å²) in [6.07, 6.45) is 3.35. The third-order valence-electron chi connectivity index (χ3n) is 2.95. The number of hydrogen-bond acceptors (Lipinski definition) is 3. The van der Waals surface area contributed by atoms with Gasteiger partial charge in [0, 0.05) is 25.7 Å². The van der Waals surface area contributed by atoms with Crippen molar-refractivity contribution in [2.24, 2.45) is 0 Å². The van der Waals surface area contributed by atoms with E-state index in [4.69, 9.17) is 4.74 Å². The van der Waals surface area contributed by atoms with Crippen molar-refractivity contribution in [2.45, 2.75) is 32.6 Å². The Morgan fingerprint density at radius 3 is 2.53 bits per heavy atom. The summed E-state index contributed by atoms with van der Waals surface area (Å²) in [7, 11) is 1.98. The SMILES string of the molecule is CCOC(=O)CCCCCN(C)c1ccc(F)cc1. The molecule has 1 aromatic rings. The zero-order chi connectivity index (χ0) is 14.1. The number of halogens is 1. The van der Waals surface area contributed by atoms with Crippen LogP contribution in [0.5, 0.6) is 0 Å². The molecule has 0 bridgehead atoms. The molecule has 0 radical (unpaired) electrons. The van der Waals surface area contributed by atoms with Crippen molar-refractivity contribution >= 4 is 11.7 Å². The Hall–Kier alpha value is -1.58. The summed E-state index contributed by atoms with van der Waals surface area (Å²) < 4.78 is 17.6. The number of anilines is 1. The van der Waals surface area contributed by atoms with Crippen LogP contribution in [0.25, 0.3) is 0 Å². The molecule has 0 unspecified atom stereocenters. The van der Waals surface area contributed by atoms with Crippen LogP contribution in [0.15, 0.2) is 24.3 Å². The van der Waals surface area contributed by atoms with Gasteiger partial charge >= 0.3 is 5.97 Å². The van der Waals surface area contributed by atoms with Crippen LogP contribution in [0.3, 0.4) is 0 Å². The Balaban J connectivity index is 2.15. The van der Waals surface area contributed by atoms with Crippen LogP contribution < -0.4 is 4.90 Å². The van der Waals surface area contributed by atoms with Crippen LogP contribution in [0.1, 0.15) is 32.6 Å². The van der Waals surface area contributed by atoms with Gasteiger partial charge in [-0.25, -0.2) is 4.39 Å². The second kappa shape index (κ2) is 8.51. The molecule has 0 saturated heterocycles. The molecule has 1 rings (SSSR count). The van der Waals surface area contributed by atoms with Gasteiger partial charge in [0.1, 0.15) is 5.82 Å². The molecule has 19 heavy (non-hydrogen) atoms. The molecule has 0 heterocycles. The molecule has 4 heteroatoms. The van der Waals surface area contributed by atoms with Crippen molar-refractivity contribution in [3.63, 3.8) is 0 Å². The monoisotopic (exact) mass is 267 g/mol. The molecule has 0 aliphatic heterocycles. The molecule has 3 nitrogen and oxygen atoms in total. The first-order valence-electron chi connectivity index (χ1n) is 6.75. The number of ether oxygens (including phenoxy) is 1. The number of benzene rings is 1. The number of carbonyl (C=O) groups excluding carboxylic acids is 1. The number of nitrogens with zero attached hydrogens (tertiary/aromatic N) is 1. The highest BCUT2D eigenvalue weighted by molar-refractivity contribution is 5.69. The number of rotatable bonds is 8. The Kier molecular flexibility index (Phi) is 6.93. The zero-order valence-corrected chi connectivity index (χ0v) is 11.7.